The molecule has 9 heteroatoms. The number of hydrogen-bond donors (Lipinski definition) is 1. The van der Waals surface area contributed by atoms with Crippen molar-refractivity contribution in [2.45, 2.75) is 0 Å². The van der Waals surface area contributed by atoms with E-state index in [-0.39, 0.29) is 0 Å². The fourth-order valence-corrected chi connectivity index (χ4v) is 1.60. The summed E-state index contributed by atoms with van der Waals surface area (Å²) in [7, 11) is 3.57. The molecule has 0 unspecified atom stereocenters. The van der Waals surface area contributed by atoms with Crippen molar-refractivity contribution in [2.24, 2.45) is 7.05 Å². The third kappa shape index (κ3) is 2.01. The number of aryl methyl sites for hydroxylation is 1. The first-order chi connectivity index (χ1) is 9.28. The van der Waals surface area contributed by atoms with Gasteiger partial charge >= 0.3 is 0 Å². The van der Waals surface area contributed by atoms with Crippen LogP contribution in [0.15, 0.2) is 24.9 Å². The Balaban J connectivity index is 2.16. The maximum Gasteiger partial charge on any atom is 0.257 e. The van der Waals surface area contributed by atoms with Gasteiger partial charge in [0.15, 0.2) is 5.82 Å². The van der Waals surface area contributed by atoms with Crippen LogP contribution in [-0.2, 0) is 7.05 Å². The van der Waals surface area contributed by atoms with E-state index in [1.54, 1.807) is 17.9 Å². The fraction of sp³-hybridized carbons (Fsp3) is 0.200. The van der Waals surface area contributed by atoms with Crippen LogP contribution in [0.25, 0.3) is 17.5 Å². The highest BCUT2D eigenvalue weighted by Crippen LogP contribution is 2.15. The Morgan fingerprint density at radius 1 is 1.16 bits per heavy atom. The first kappa shape index (κ1) is 11.3. The van der Waals surface area contributed by atoms with Gasteiger partial charge in [-0.1, -0.05) is 0 Å². The highest BCUT2D eigenvalue weighted by atomic mass is 15.4. The summed E-state index contributed by atoms with van der Waals surface area (Å²) in [6.07, 6.45) is 4.64. The molecule has 3 aromatic rings. The van der Waals surface area contributed by atoms with Crippen LogP contribution in [0.3, 0.4) is 0 Å². The minimum atomic E-state index is 0.396. The molecule has 3 rings (SSSR count). The van der Waals surface area contributed by atoms with Crippen LogP contribution in [0.2, 0.25) is 0 Å². The Kier molecular flexibility index (Phi) is 2.63. The van der Waals surface area contributed by atoms with Gasteiger partial charge in [-0.05, 0) is 6.07 Å². The molecule has 1 N–H and O–H groups in total. The average Bonchev–Trinajstić information content (AvgIpc) is 3.09. The molecule has 0 saturated heterocycles. The topological polar surface area (TPSA) is 99.2 Å². The summed E-state index contributed by atoms with van der Waals surface area (Å²) in [5, 5.41) is 11.0. The van der Waals surface area contributed by atoms with Gasteiger partial charge in [0, 0.05) is 20.3 Å². The molecule has 0 aromatic carbocycles. The van der Waals surface area contributed by atoms with Crippen molar-refractivity contribution in [2.75, 3.05) is 12.4 Å². The summed E-state index contributed by atoms with van der Waals surface area (Å²) >= 11 is 0. The molecule has 0 aliphatic rings. The van der Waals surface area contributed by atoms with E-state index in [1.165, 1.54) is 17.3 Å². The maximum absolute atomic E-state index is 4.36. The molecule has 96 valence electrons. The summed E-state index contributed by atoms with van der Waals surface area (Å²) in [4.78, 5) is 16.8. The summed E-state index contributed by atoms with van der Waals surface area (Å²) in [5.74, 6) is 1.37. The first-order valence-corrected chi connectivity index (χ1v) is 5.55. The standard InChI is InChI=1S/C10H11N9/c1-11-9-15-8(7-3-4-13-18(7)2)16-10(17-9)19-6-12-5-14-19/h3-6H,1-2H3,(H,11,15,16,17). The van der Waals surface area contributed by atoms with E-state index >= 15 is 0 Å². The molecule has 9 nitrogen and oxygen atoms in total. The molecule has 0 saturated carbocycles. The van der Waals surface area contributed by atoms with Gasteiger partial charge in [0.25, 0.3) is 5.95 Å². The lowest BCUT2D eigenvalue weighted by atomic mass is 10.4. The Bertz CT molecular complexity index is 685. The molecule has 0 bridgehead atoms. The highest BCUT2D eigenvalue weighted by Gasteiger charge is 2.12. The van der Waals surface area contributed by atoms with Crippen molar-refractivity contribution in [1.82, 2.24) is 39.5 Å². The van der Waals surface area contributed by atoms with Crippen molar-refractivity contribution in [1.29, 1.82) is 0 Å². The number of nitrogens with one attached hydrogen (secondary N) is 1. The van der Waals surface area contributed by atoms with Gasteiger partial charge in [-0.15, -0.1) is 0 Å². The lowest BCUT2D eigenvalue weighted by molar-refractivity contribution is 0.759. The molecule has 0 spiro atoms. The number of nitrogens with zero attached hydrogens (tertiary/aromatic N) is 8. The fourth-order valence-electron chi connectivity index (χ4n) is 1.60. The third-order valence-corrected chi connectivity index (χ3v) is 2.52. The van der Waals surface area contributed by atoms with Gasteiger partial charge in [-0.25, -0.2) is 4.98 Å². The predicted octanol–water partition coefficient (Wildman–Crippen LogP) is -0.106. The van der Waals surface area contributed by atoms with E-state index in [4.69, 9.17) is 0 Å². The number of hydrogen-bond acceptors (Lipinski definition) is 7. The van der Waals surface area contributed by atoms with Crippen molar-refractivity contribution in [3.63, 3.8) is 0 Å². The smallest absolute Gasteiger partial charge is 0.257 e. The normalized spacial score (nSPS) is 10.6. The Morgan fingerprint density at radius 2 is 2.05 bits per heavy atom. The summed E-state index contributed by atoms with van der Waals surface area (Å²) in [6, 6.07) is 1.83. The van der Waals surface area contributed by atoms with Gasteiger partial charge in [0.1, 0.15) is 18.3 Å². The average molecular weight is 257 g/mol. The molecular formula is C10H11N9. The zero-order valence-corrected chi connectivity index (χ0v) is 10.4. The van der Waals surface area contributed by atoms with E-state index in [1.807, 2.05) is 13.1 Å². The van der Waals surface area contributed by atoms with E-state index in [9.17, 15) is 0 Å². The molecular weight excluding hydrogens is 246 g/mol. The van der Waals surface area contributed by atoms with E-state index in [0.29, 0.717) is 17.7 Å². The van der Waals surface area contributed by atoms with Gasteiger partial charge < -0.3 is 5.32 Å². The maximum atomic E-state index is 4.36. The molecule has 19 heavy (non-hydrogen) atoms. The first-order valence-electron chi connectivity index (χ1n) is 5.55. The second-order valence-electron chi connectivity index (χ2n) is 3.71. The largest absolute Gasteiger partial charge is 0.357 e. The van der Waals surface area contributed by atoms with Crippen molar-refractivity contribution in [3.05, 3.63) is 24.9 Å². The minimum Gasteiger partial charge on any atom is -0.357 e. The monoisotopic (exact) mass is 257 g/mol. The molecule has 3 heterocycles. The van der Waals surface area contributed by atoms with Crippen LogP contribution in [0, 0.1) is 0 Å². The lowest BCUT2D eigenvalue weighted by Gasteiger charge is -2.06. The van der Waals surface area contributed by atoms with Crippen LogP contribution < -0.4 is 5.32 Å². The summed E-state index contributed by atoms with van der Waals surface area (Å²) in [6.45, 7) is 0. The Labute approximate surface area is 108 Å². The van der Waals surface area contributed by atoms with Crippen molar-refractivity contribution < 1.29 is 0 Å². The summed E-state index contributed by atoms with van der Waals surface area (Å²) < 4.78 is 3.17. The molecule has 0 radical (unpaired) electrons. The van der Waals surface area contributed by atoms with Crippen LogP contribution in [0.1, 0.15) is 0 Å². The number of rotatable bonds is 3. The van der Waals surface area contributed by atoms with E-state index < -0.39 is 0 Å². The van der Waals surface area contributed by atoms with Crippen molar-refractivity contribution >= 4 is 5.95 Å². The molecule has 0 aliphatic heterocycles. The molecule has 0 aliphatic carbocycles. The predicted molar refractivity (Wildman–Crippen MR) is 66.5 cm³/mol. The minimum absolute atomic E-state index is 0.396. The number of aromatic nitrogens is 8. The zero-order chi connectivity index (χ0) is 13.2. The molecule has 0 atom stereocenters. The molecule has 3 aromatic heterocycles. The van der Waals surface area contributed by atoms with Gasteiger partial charge in [-0.3, -0.25) is 4.68 Å². The second kappa shape index (κ2) is 4.44. The quantitative estimate of drug-likeness (QED) is 0.699. The SMILES string of the molecule is CNc1nc(-c2ccnn2C)nc(-n2cncn2)n1. The molecule has 0 fully saturated rings. The Hall–Kier alpha value is -2.84. The second-order valence-corrected chi connectivity index (χ2v) is 3.71. The van der Waals surface area contributed by atoms with E-state index in [0.717, 1.165) is 5.69 Å². The zero-order valence-electron chi connectivity index (χ0n) is 10.4. The van der Waals surface area contributed by atoms with Crippen LogP contribution in [0.5, 0.6) is 0 Å². The number of anilines is 1. The lowest BCUT2D eigenvalue weighted by Crippen LogP contribution is -2.09. The molecule has 0 amide bonds. The van der Waals surface area contributed by atoms with E-state index in [2.05, 4.69) is 35.5 Å². The third-order valence-electron chi connectivity index (χ3n) is 2.52. The van der Waals surface area contributed by atoms with Crippen LogP contribution in [-0.4, -0.2) is 46.5 Å². The van der Waals surface area contributed by atoms with Gasteiger partial charge in [0.2, 0.25) is 5.95 Å². The van der Waals surface area contributed by atoms with Crippen LogP contribution >= 0.6 is 0 Å². The van der Waals surface area contributed by atoms with Crippen molar-refractivity contribution in [3.8, 4) is 17.5 Å². The Morgan fingerprint density at radius 3 is 2.68 bits per heavy atom. The van der Waals surface area contributed by atoms with Gasteiger partial charge in [0.05, 0.1) is 0 Å². The van der Waals surface area contributed by atoms with Crippen LogP contribution in [0.4, 0.5) is 5.95 Å². The highest BCUT2D eigenvalue weighted by molar-refractivity contribution is 5.51. The summed E-state index contributed by atoms with van der Waals surface area (Å²) in [5.41, 5.74) is 0.792. The van der Waals surface area contributed by atoms with Gasteiger partial charge in [-0.2, -0.15) is 29.8 Å².